The minimum atomic E-state index is -4.79. The largest absolute Gasteiger partial charge is 0.573 e. The molecular formula is C12H12ClF3N2O2. The fourth-order valence-electron chi connectivity index (χ4n) is 2.63. The molecule has 8 heteroatoms. The van der Waals surface area contributed by atoms with E-state index in [1.807, 2.05) is 0 Å². The average Bonchev–Trinajstić information content (AvgIpc) is 2.63. The van der Waals surface area contributed by atoms with Gasteiger partial charge in [0.05, 0.1) is 11.6 Å². The second kappa shape index (κ2) is 5.14. The van der Waals surface area contributed by atoms with Crippen LogP contribution in [0.15, 0.2) is 18.2 Å². The van der Waals surface area contributed by atoms with Crippen molar-refractivity contribution < 1.29 is 22.7 Å². The Bertz CT molecular complexity index is 536. The summed E-state index contributed by atoms with van der Waals surface area (Å²) in [5.41, 5.74) is 0.632. The molecule has 2 aliphatic rings. The van der Waals surface area contributed by atoms with Crippen LogP contribution in [0.2, 0.25) is 0 Å². The van der Waals surface area contributed by atoms with Gasteiger partial charge in [0.1, 0.15) is 5.75 Å². The molecule has 1 atom stereocenters. The Morgan fingerprint density at radius 2 is 2.10 bits per heavy atom. The number of alkyl halides is 3. The lowest BCUT2D eigenvalue weighted by molar-refractivity contribution is -0.274. The Balaban J connectivity index is 0.00000147. The zero-order valence-electron chi connectivity index (χ0n) is 10.2. The first-order chi connectivity index (χ1) is 8.97. The summed E-state index contributed by atoms with van der Waals surface area (Å²) in [6, 6.07) is 4.13. The molecule has 2 aliphatic heterocycles. The Kier molecular flexibility index (Phi) is 3.84. The van der Waals surface area contributed by atoms with E-state index >= 15 is 0 Å². The SMILES string of the molecule is Cl.O=C1c2c(OC(F)(F)F)cccc2[C@H]2CNCCN12. The third-order valence-corrected chi connectivity index (χ3v) is 3.36. The van der Waals surface area contributed by atoms with Gasteiger partial charge in [0, 0.05) is 19.6 Å². The molecule has 2 heterocycles. The fourth-order valence-corrected chi connectivity index (χ4v) is 2.63. The van der Waals surface area contributed by atoms with Gasteiger partial charge >= 0.3 is 6.36 Å². The average molecular weight is 309 g/mol. The van der Waals surface area contributed by atoms with Crippen LogP contribution in [0.25, 0.3) is 0 Å². The van der Waals surface area contributed by atoms with Crippen molar-refractivity contribution in [2.24, 2.45) is 0 Å². The number of amides is 1. The Morgan fingerprint density at radius 1 is 1.35 bits per heavy atom. The summed E-state index contributed by atoms with van der Waals surface area (Å²) in [6.07, 6.45) is -4.79. The van der Waals surface area contributed by atoms with Crippen molar-refractivity contribution in [3.8, 4) is 5.75 Å². The molecule has 4 nitrogen and oxygen atoms in total. The highest BCUT2D eigenvalue weighted by molar-refractivity contribution is 6.02. The fraction of sp³-hybridized carbons (Fsp3) is 0.417. The number of piperazine rings is 1. The van der Waals surface area contributed by atoms with Gasteiger partial charge in [-0.25, -0.2) is 0 Å². The van der Waals surface area contributed by atoms with E-state index in [0.717, 1.165) is 0 Å². The van der Waals surface area contributed by atoms with Crippen molar-refractivity contribution >= 4 is 18.3 Å². The van der Waals surface area contributed by atoms with Crippen LogP contribution in [0.4, 0.5) is 13.2 Å². The second-order valence-electron chi connectivity index (χ2n) is 4.49. The lowest BCUT2D eigenvalue weighted by atomic mass is 10.0. The minimum Gasteiger partial charge on any atom is -0.405 e. The Hall–Kier alpha value is -1.47. The Labute approximate surface area is 119 Å². The van der Waals surface area contributed by atoms with E-state index < -0.39 is 12.1 Å². The van der Waals surface area contributed by atoms with Gasteiger partial charge in [-0.1, -0.05) is 12.1 Å². The molecule has 1 aromatic rings. The predicted molar refractivity (Wildman–Crippen MR) is 67.0 cm³/mol. The minimum absolute atomic E-state index is 0. The van der Waals surface area contributed by atoms with Gasteiger partial charge in [-0.05, 0) is 11.6 Å². The smallest absolute Gasteiger partial charge is 0.405 e. The molecule has 0 bridgehead atoms. The first kappa shape index (κ1) is 14.9. The molecule has 1 amide bonds. The molecule has 0 aliphatic carbocycles. The zero-order valence-corrected chi connectivity index (χ0v) is 11.1. The van der Waals surface area contributed by atoms with Crippen molar-refractivity contribution in [1.82, 2.24) is 10.2 Å². The zero-order chi connectivity index (χ0) is 13.6. The first-order valence-corrected chi connectivity index (χ1v) is 5.88. The van der Waals surface area contributed by atoms with Crippen LogP contribution >= 0.6 is 12.4 Å². The molecule has 0 aromatic heterocycles. The molecule has 0 saturated carbocycles. The maximum absolute atomic E-state index is 12.3. The van der Waals surface area contributed by atoms with E-state index in [0.29, 0.717) is 25.2 Å². The monoisotopic (exact) mass is 308 g/mol. The molecule has 1 N–H and O–H groups in total. The van der Waals surface area contributed by atoms with Gasteiger partial charge in [0.2, 0.25) is 0 Å². The number of hydrogen-bond donors (Lipinski definition) is 1. The quantitative estimate of drug-likeness (QED) is 0.864. The molecule has 1 aromatic carbocycles. The lowest BCUT2D eigenvalue weighted by Crippen LogP contribution is -2.44. The molecule has 20 heavy (non-hydrogen) atoms. The number of hydrogen-bond acceptors (Lipinski definition) is 3. The normalized spacial score (nSPS) is 21.1. The third-order valence-electron chi connectivity index (χ3n) is 3.36. The summed E-state index contributed by atoms with van der Waals surface area (Å²) < 4.78 is 41.0. The number of nitrogens with one attached hydrogen (secondary N) is 1. The number of carbonyl (C=O) groups is 1. The van der Waals surface area contributed by atoms with Crippen molar-refractivity contribution in [2.75, 3.05) is 19.6 Å². The van der Waals surface area contributed by atoms with E-state index in [-0.39, 0.29) is 29.9 Å². The summed E-state index contributed by atoms with van der Waals surface area (Å²) in [7, 11) is 0. The summed E-state index contributed by atoms with van der Waals surface area (Å²) in [5.74, 6) is -0.800. The van der Waals surface area contributed by atoms with E-state index in [2.05, 4.69) is 10.1 Å². The molecular weight excluding hydrogens is 297 g/mol. The standard InChI is InChI=1S/C12H11F3N2O2.ClH/c13-12(14,15)19-9-3-1-2-7-8-6-16-4-5-17(8)11(18)10(7)9;/h1-3,8,16H,4-6H2;1H/t8-;/m1./s1. The van der Waals surface area contributed by atoms with Gasteiger partial charge in [-0.15, -0.1) is 25.6 Å². The summed E-state index contributed by atoms with van der Waals surface area (Å²) in [6.45, 7) is 1.68. The molecule has 0 spiro atoms. The van der Waals surface area contributed by atoms with Crippen LogP contribution in [0.1, 0.15) is 22.0 Å². The van der Waals surface area contributed by atoms with Crippen LogP contribution in [-0.4, -0.2) is 36.8 Å². The van der Waals surface area contributed by atoms with Crippen molar-refractivity contribution in [1.29, 1.82) is 0 Å². The van der Waals surface area contributed by atoms with Crippen molar-refractivity contribution in [3.05, 3.63) is 29.3 Å². The molecule has 0 radical (unpaired) electrons. The van der Waals surface area contributed by atoms with E-state index in [9.17, 15) is 18.0 Å². The number of carbonyl (C=O) groups excluding carboxylic acids is 1. The topological polar surface area (TPSA) is 41.6 Å². The third kappa shape index (κ3) is 2.43. The van der Waals surface area contributed by atoms with E-state index in [1.165, 1.54) is 12.1 Å². The number of fused-ring (bicyclic) bond motifs is 3. The first-order valence-electron chi connectivity index (χ1n) is 5.88. The predicted octanol–water partition coefficient (Wildman–Crippen LogP) is 2.11. The molecule has 110 valence electrons. The van der Waals surface area contributed by atoms with Gasteiger partial charge < -0.3 is 15.0 Å². The van der Waals surface area contributed by atoms with Crippen LogP contribution in [0.5, 0.6) is 5.75 Å². The van der Waals surface area contributed by atoms with Crippen LogP contribution in [0, 0.1) is 0 Å². The highest BCUT2D eigenvalue weighted by atomic mass is 35.5. The second-order valence-corrected chi connectivity index (χ2v) is 4.49. The number of halogens is 4. The highest BCUT2D eigenvalue weighted by Crippen LogP contribution is 2.40. The van der Waals surface area contributed by atoms with Crippen molar-refractivity contribution in [3.63, 3.8) is 0 Å². The van der Waals surface area contributed by atoms with E-state index in [1.54, 1.807) is 11.0 Å². The number of benzene rings is 1. The summed E-state index contributed by atoms with van der Waals surface area (Å²) in [5, 5.41) is 3.13. The van der Waals surface area contributed by atoms with Gasteiger partial charge in [-0.2, -0.15) is 0 Å². The maximum Gasteiger partial charge on any atom is 0.573 e. The van der Waals surface area contributed by atoms with Crippen LogP contribution in [-0.2, 0) is 0 Å². The van der Waals surface area contributed by atoms with Crippen LogP contribution in [0.3, 0.4) is 0 Å². The maximum atomic E-state index is 12.3. The van der Waals surface area contributed by atoms with E-state index in [4.69, 9.17) is 0 Å². The summed E-state index contributed by atoms with van der Waals surface area (Å²) in [4.78, 5) is 13.8. The summed E-state index contributed by atoms with van der Waals surface area (Å²) >= 11 is 0. The Morgan fingerprint density at radius 3 is 2.80 bits per heavy atom. The molecule has 1 saturated heterocycles. The lowest BCUT2D eigenvalue weighted by Gasteiger charge is -2.30. The van der Waals surface area contributed by atoms with Gasteiger partial charge in [0.15, 0.2) is 0 Å². The number of nitrogens with zero attached hydrogens (tertiary/aromatic N) is 1. The molecule has 0 unspecified atom stereocenters. The van der Waals surface area contributed by atoms with Gasteiger partial charge in [0.25, 0.3) is 5.91 Å². The molecule has 1 fully saturated rings. The number of rotatable bonds is 1. The van der Waals surface area contributed by atoms with Gasteiger partial charge in [-0.3, -0.25) is 4.79 Å². The highest BCUT2D eigenvalue weighted by Gasteiger charge is 2.42. The molecule has 3 rings (SSSR count). The van der Waals surface area contributed by atoms with Crippen LogP contribution < -0.4 is 10.1 Å². The number of ether oxygens (including phenoxy) is 1. The van der Waals surface area contributed by atoms with Crippen molar-refractivity contribution in [2.45, 2.75) is 12.4 Å².